The van der Waals surface area contributed by atoms with Crippen molar-refractivity contribution in [3.05, 3.63) is 59.1 Å². The Kier molecular flexibility index (Phi) is 11.0. The number of aliphatic hydroxyl groups excluding tert-OH is 1. The van der Waals surface area contributed by atoms with E-state index in [1.165, 1.54) is 6.07 Å². The summed E-state index contributed by atoms with van der Waals surface area (Å²) in [5.74, 6) is -0.343. The maximum Gasteiger partial charge on any atom is 0.321 e. The number of urea groups is 1. The molecule has 3 aromatic heterocycles. The number of hydrogen-bond acceptors (Lipinski definition) is 8. The summed E-state index contributed by atoms with van der Waals surface area (Å²) in [7, 11) is -2.42. The molecule has 2 N–H and O–H groups in total. The van der Waals surface area contributed by atoms with Gasteiger partial charge in [0.25, 0.3) is 0 Å². The lowest BCUT2D eigenvalue weighted by molar-refractivity contribution is 0.0197. The van der Waals surface area contributed by atoms with Gasteiger partial charge in [0.05, 0.1) is 48.3 Å². The van der Waals surface area contributed by atoms with Crippen LogP contribution in [0.2, 0.25) is 51.4 Å². The molecular formula is C36H52FN7O5Si2. The molecule has 1 fully saturated rings. The number of nitrogens with one attached hydrogen (secondary N) is 1. The molecule has 2 amide bonds. The molecule has 0 radical (unpaired) electrons. The Bertz CT molecular complexity index is 1850. The molecule has 2 unspecified atom stereocenters. The molecule has 276 valence electrons. The molecule has 0 saturated carbocycles. The number of aryl methyl sites for hydroxylation is 1. The smallest absolute Gasteiger partial charge is 0.321 e. The lowest BCUT2D eigenvalue weighted by Crippen LogP contribution is -2.41. The Labute approximate surface area is 301 Å². The molecule has 1 saturated heterocycles. The number of aromatic amines is 1. The number of hydrogen-bond donors (Lipinski definition) is 2. The van der Waals surface area contributed by atoms with Crippen LogP contribution in [0.3, 0.4) is 0 Å². The van der Waals surface area contributed by atoms with Crippen molar-refractivity contribution in [2.45, 2.75) is 103 Å². The van der Waals surface area contributed by atoms with Crippen LogP contribution in [0.5, 0.6) is 5.75 Å². The van der Waals surface area contributed by atoms with E-state index in [4.69, 9.17) is 19.2 Å². The highest BCUT2D eigenvalue weighted by Gasteiger charge is 2.42. The fourth-order valence-corrected chi connectivity index (χ4v) is 8.07. The topological polar surface area (TPSA) is 131 Å². The number of carbonyl (C=O) groups is 1. The summed E-state index contributed by atoms with van der Waals surface area (Å²) >= 11 is 0. The molecule has 2 aliphatic heterocycles. The maximum atomic E-state index is 15.3. The first-order valence-electron chi connectivity index (χ1n) is 17.9. The quantitative estimate of drug-likeness (QED) is 0.0824. The van der Waals surface area contributed by atoms with E-state index < -0.39 is 34.1 Å². The van der Waals surface area contributed by atoms with Crippen LogP contribution >= 0.6 is 0 Å². The maximum absolute atomic E-state index is 15.3. The van der Waals surface area contributed by atoms with Crippen LogP contribution < -0.4 is 4.74 Å². The van der Waals surface area contributed by atoms with Gasteiger partial charge in [-0.1, -0.05) is 46.2 Å². The Morgan fingerprint density at radius 1 is 1.06 bits per heavy atom. The average molecular weight is 738 g/mol. The Balaban J connectivity index is 1.14. The number of imidazole rings is 1. The number of likely N-dealkylation sites (tertiary alicyclic amines) is 1. The molecular weight excluding hydrogens is 686 g/mol. The molecule has 1 aromatic carbocycles. The summed E-state index contributed by atoms with van der Waals surface area (Å²) in [5, 5.41) is 19.4. The summed E-state index contributed by atoms with van der Waals surface area (Å²) in [6, 6.07) is 8.17. The van der Waals surface area contributed by atoms with Gasteiger partial charge in [0, 0.05) is 46.9 Å². The second-order valence-corrected chi connectivity index (χ2v) is 27.3. The number of ether oxygens (including phenoxy) is 3. The SMILES string of the molecule is CCc1cc(OCOCC[Si](C)(C)C)c(F)cc1-c1ccc2c(C3C(O)CCN3C(=O)N3Cc4ncn(COCC[Si](C)(C)C)c4C3)[nH]nc2n1. The standard InChI is InChI=1S/C36H52FN7O5Si2/c1-8-24-17-32(49-23-48-14-16-51(5,6)7)27(37)18-26(24)28-10-9-25-33(40-41-35(25)39-28)34-31(45)11-12-44(34)36(46)42-19-29-30(20-42)43(21-38-29)22-47-13-15-50(2,3)4/h9-10,17-18,21,31,34,45H,8,11-16,19-20,22-23H2,1-7H3,(H,39,40,41). The van der Waals surface area contributed by atoms with E-state index in [1.807, 2.05) is 23.6 Å². The minimum atomic E-state index is -1.23. The third kappa shape index (κ3) is 8.54. The van der Waals surface area contributed by atoms with E-state index in [-0.39, 0.29) is 18.6 Å². The molecule has 6 rings (SSSR count). The summed E-state index contributed by atoms with van der Waals surface area (Å²) in [6.07, 6.45) is 2.09. The van der Waals surface area contributed by atoms with Crippen molar-refractivity contribution in [3.63, 3.8) is 0 Å². The van der Waals surface area contributed by atoms with Crippen molar-refractivity contribution in [2.24, 2.45) is 0 Å². The van der Waals surface area contributed by atoms with Gasteiger partial charge in [-0.15, -0.1) is 0 Å². The van der Waals surface area contributed by atoms with Crippen molar-refractivity contribution in [1.29, 1.82) is 0 Å². The second-order valence-electron chi connectivity index (χ2n) is 16.1. The van der Waals surface area contributed by atoms with E-state index >= 15 is 4.39 Å². The lowest BCUT2D eigenvalue weighted by Gasteiger charge is -2.30. The minimum Gasteiger partial charge on any atom is -0.464 e. The molecule has 51 heavy (non-hydrogen) atoms. The largest absolute Gasteiger partial charge is 0.464 e. The number of carbonyl (C=O) groups excluding carboxylic acids is 1. The van der Waals surface area contributed by atoms with Crippen molar-refractivity contribution in [3.8, 4) is 17.0 Å². The molecule has 0 bridgehead atoms. The summed E-state index contributed by atoms with van der Waals surface area (Å²) in [6.45, 7) is 18.7. The number of benzene rings is 1. The summed E-state index contributed by atoms with van der Waals surface area (Å²) < 4.78 is 34.5. The van der Waals surface area contributed by atoms with E-state index in [0.29, 0.717) is 80.4 Å². The Morgan fingerprint density at radius 3 is 2.53 bits per heavy atom. The van der Waals surface area contributed by atoms with E-state index in [9.17, 15) is 9.90 Å². The lowest BCUT2D eigenvalue weighted by atomic mass is 10.00. The van der Waals surface area contributed by atoms with Crippen molar-refractivity contribution in [1.82, 2.24) is 34.5 Å². The fourth-order valence-electron chi connectivity index (χ4n) is 6.56. The molecule has 15 heteroatoms. The number of aromatic nitrogens is 5. The van der Waals surface area contributed by atoms with Gasteiger partial charge in [-0.2, -0.15) is 5.10 Å². The third-order valence-electron chi connectivity index (χ3n) is 9.68. The first-order chi connectivity index (χ1) is 24.2. The van der Waals surface area contributed by atoms with Crippen LogP contribution in [0.15, 0.2) is 30.6 Å². The van der Waals surface area contributed by atoms with Gasteiger partial charge < -0.3 is 33.7 Å². The summed E-state index contributed by atoms with van der Waals surface area (Å²) in [5.41, 5.74) is 4.99. The molecule has 12 nitrogen and oxygen atoms in total. The van der Waals surface area contributed by atoms with Crippen molar-refractivity contribution < 1.29 is 28.5 Å². The van der Waals surface area contributed by atoms with Gasteiger partial charge in [-0.3, -0.25) is 5.10 Å². The highest BCUT2D eigenvalue weighted by Crippen LogP contribution is 2.38. The van der Waals surface area contributed by atoms with Crippen LogP contribution in [0, 0.1) is 5.82 Å². The predicted molar refractivity (Wildman–Crippen MR) is 199 cm³/mol. The molecule has 5 heterocycles. The number of nitrogens with zero attached hydrogens (tertiary/aromatic N) is 6. The number of aliphatic hydroxyl groups is 1. The molecule has 0 aliphatic carbocycles. The number of amides is 2. The Morgan fingerprint density at radius 2 is 1.80 bits per heavy atom. The van der Waals surface area contributed by atoms with Gasteiger partial charge in [0.2, 0.25) is 0 Å². The fraction of sp³-hybridized carbons (Fsp3) is 0.556. The van der Waals surface area contributed by atoms with E-state index in [0.717, 1.165) is 29.0 Å². The number of H-pyrrole nitrogens is 1. The van der Waals surface area contributed by atoms with Gasteiger partial charge in [-0.25, -0.2) is 19.2 Å². The summed E-state index contributed by atoms with van der Waals surface area (Å²) in [4.78, 5) is 26.8. The Hall–Kier alpha value is -3.64. The molecule has 2 atom stereocenters. The third-order valence-corrected chi connectivity index (χ3v) is 13.1. The highest BCUT2D eigenvalue weighted by molar-refractivity contribution is 6.76. The van der Waals surface area contributed by atoms with Crippen molar-refractivity contribution >= 4 is 33.2 Å². The number of pyridine rings is 1. The van der Waals surface area contributed by atoms with Gasteiger partial charge in [0.1, 0.15) is 12.8 Å². The zero-order valence-corrected chi connectivity index (χ0v) is 33.0. The van der Waals surface area contributed by atoms with Crippen molar-refractivity contribution in [2.75, 3.05) is 26.6 Å². The zero-order valence-electron chi connectivity index (χ0n) is 31.0. The van der Waals surface area contributed by atoms with E-state index in [1.54, 1.807) is 22.2 Å². The van der Waals surface area contributed by atoms with Crippen LogP contribution in [0.25, 0.3) is 22.3 Å². The number of rotatable bonds is 14. The van der Waals surface area contributed by atoms with Gasteiger partial charge in [0.15, 0.2) is 24.0 Å². The van der Waals surface area contributed by atoms with Crippen LogP contribution in [-0.4, -0.2) is 94.5 Å². The van der Waals surface area contributed by atoms with Crippen LogP contribution in [0.1, 0.15) is 42.0 Å². The highest BCUT2D eigenvalue weighted by atomic mass is 28.3. The molecule has 2 aliphatic rings. The first kappa shape index (κ1) is 37.1. The first-order valence-corrected chi connectivity index (χ1v) is 25.4. The molecule has 0 spiro atoms. The van der Waals surface area contributed by atoms with Crippen LogP contribution in [-0.2, 0) is 35.7 Å². The van der Waals surface area contributed by atoms with Crippen LogP contribution in [0.4, 0.5) is 9.18 Å². The monoisotopic (exact) mass is 737 g/mol. The minimum absolute atomic E-state index is 0.00640. The zero-order chi connectivity index (χ0) is 36.5. The van der Waals surface area contributed by atoms with E-state index in [2.05, 4.69) is 54.5 Å². The predicted octanol–water partition coefficient (Wildman–Crippen LogP) is 6.77. The second kappa shape index (κ2) is 15.1. The normalized spacial score (nSPS) is 17.9. The number of halogens is 1. The molecule has 4 aromatic rings. The average Bonchev–Trinajstić information content (AvgIpc) is 3.85. The van der Waals surface area contributed by atoms with Gasteiger partial charge >= 0.3 is 6.03 Å². The number of fused-ring (bicyclic) bond motifs is 2. The van der Waals surface area contributed by atoms with Gasteiger partial charge in [-0.05, 0) is 54.8 Å².